The molecular formula is C9H7FN2O2. The van der Waals surface area contributed by atoms with Gasteiger partial charge in [-0.05, 0) is 24.3 Å². The Morgan fingerprint density at radius 3 is 2.36 bits per heavy atom. The van der Waals surface area contributed by atoms with Crippen LogP contribution in [-0.4, -0.2) is 18.5 Å². The van der Waals surface area contributed by atoms with Crippen LogP contribution in [0.3, 0.4) is 0 Å². The predicted molar refractivity (Wildman–Crippen MR) is 47.3 cm³/mol. The van der Waals surface area contributed by atoms with E-state index in [0.29, 0.717) is 5.69 Å². The Labute approximate surface area is 79.3 Å². The second kappa shape index (κ2) is 3.10. The highest BCUT2D eigenvalue weighted by atomic mass is 19.1. The van der Waals surface area contributed by atoms with Gasteiger partial charge in [-0.25, -0.2) is 9.18 Å². The van der Waals surface area contributed by atoms with E-state index in [2.05, 4.69) is 5.32 Å². The van der Waals surface area contributed by atoms with Gasteiger partial charge < -0.3 is 0 Å². The summed E-state index contributed by atoms with van der Waals surface area (Å²) in [7, 11) is 0. The topological polar surface area (TPSA) is 49.4 Å². The zero-order chi connectivity index (χ0) is 10.1. The van der Waals surface area contributed by atoms with Gasteiger partial charge in [-0.2, -0.15) is 0 Å². The maximum atomic E-state index is 12.6. The van der Waals surface area contributed by atoms with Crippen molar-refractivity contribution in [3.05, 3.63) is 30.1 Å². The monoisotopic (exact) mass is 194 g/mol. The van der Waals surface area contributed by atoms with E-state index >= 15 is 0 Å². The summed E-state index contributed by atoms with van der Waals surface area (Å²) >= 11 is 0. The van der Waals surface area contributed by atoms with Crippen molar-refractivity contribution in [2.45, 2.75) is 0 Å². The van der Waals surface area contributed by atoms with Gasteiger partial charge in [0.25, 0.3) is 0 Å². The maximum absolute atomic E-state index is 12.6. The molecule has 1 heterocycles. The van der Waals surface area contributed by atoms with E-state index < -0.39 is 6.03 Å². The molecule has 1 aliphatic heterocycles. The second-order valence-corrected chi connectivity index (χ2v) is 2.92. The number of halogens is 1. The van der Waals surface area contributed by atoms with Crippen LogP contribution in [0, 0.1) is 5.82 Å². The molecule has 0 saturated carbocycles. The van der Waals surface area contributed by atoms with Gasteiger partial charge in [-0.15, -0.1) is 0 Å². The largest absolute Gasteiger partial charge is 0.329 e. The van der Waals surface area contributed by atoms with Crippen LogP contribution in [0.15, 0.2) is 24.3 Å². The number of hydrogen-bond acceptors (Lipinski definition) is 2. The SMILES string of the molecule is O=C1CN(c2ccc(F)cc2)C(=O)N1. The Balaban J connectivity index is 2.27. The molecule has 0 spiro atoms. The predicted octanol–water partition coefficient (Wildman–Crippen LogP) is 0.882. The number of nitrogens with zero attached hydrogens (tertiary/aromatic N) is 1. The van der Waals surface area contributed by atoms with Crippen molar-refractivity contribution < 1.29 is 14.0 Å². The molecule has 1 saturated heterocycles. The Morgan fingerprint density at radius 2 is 1.86 bits per heavy atom. The highest BCUT2D eigenvalue weighted by molar-refractivity contribution is 6.12. The lowest BCUT2D eigenvalue weighted by Gasteiger charge is -2.12. The maximum Gasteiger partial charge on any atom is 0.329 e. The molecule has 3 amide bonds. The molecular weight excluding hydrogens is 187 g/mol. The Hall–Kier alpha value is -1.91. The molecule has 1 N–H and O–H groups in total. The van der Waals surface area contributed by atoms with E-state index in [1.807, 2.05) is 0 Å². The van der Waals surface area contributed by atoms with Crippen LogP contribution < -0.4 is 10.2 Å². The van der Waals surface area contributed by atoms with Gasteiger partial charge in [0, 0.05) is 5.69 Å². The minimum Gasteiger partial charge on any atom is -0.285 e. The van der Waals surface area contributed by atoms with E-state index in [4.69, 9.17) is 0 Å². The third-order valence-electron chi connectivity index (χ3n) is 1.93. The molecule has 4 nitrogen and oxygen atoms in total. The average Bonchev–Trinajstić information content (AvgIpc) is 2.47. The molecule has 0 atom stereocenters. The van der Waals surface area contributed by atoms with E-state index in [9.17, 15) is 14.0 Å². The molecule has 0 aliphatic carbocycles. The van der Waals surface area contributed by atoms with Gasteiger partial charge in [-0.3, -0.25) is 15.0 Å². The van der Waals surface area contributed by atoms with Crippen molar-refractivity contribution in [3.63, 3.8) is 0 Å². The number of carbonyl (C=O) groups excluding carboxylic acids is 2. The van der Waals surface area contributed by atoms with E-state index in [-0.39, 0.29) is 18.3 Å². The molecule has 5 heteroatoms. The molecule has 1 aliphatic rings. The van der Waals surface area contributed by atoms with Crippen LogP contribution in [0.2, 0.25) is 0 Å². The zero-order valence-corrected chi connectivity index (χ0v) is 7.16. The minimum atomic E-state index is -0.471. The zero-order valence-electron chi connectivity index (χ0n) is 7.16. The fourth-order valence-corrected chi connectivity index (χ4v) is 1.27. The third-order valence-corrected chi connectivity index (χ3v) is 1.93. The van der Waals surface area contributed by atoms with E-state index in [0.717, 1.165) is 0 Å². The Bertz CT molecular complexity index is 388. The summed E-state index contributed by atoms with van der Waals surface area (Å²) in [5.74, 6) is -0.723. The minimum absolute atomic E-state index is 0.00946. The lowest BCUT2D eigenvalue weighted by Crippen LogP contribution is -2.27. The molecule has 2 rings (SSSR count). The normalized spacial score (nSPS) is 15.9. The van der Waals surface area contributed by atoms with Crippen LogP contribution in [-0.2, 0) is 4.79 Å². The quantitative estimate of drug-likeness (QED) is 0.674. The van der Waals surface area contributed by atoms with Crippen LogP contribution in [0.4, 0.5) is 14.9 Å². The summed E-state index contributed by atoms with van der Waals surface area (Å²) in [4.78, 5) is 23.3. The van der Waals surface area contributed by atoms with Crippen LogP contribution in [0.1, 0.15) is 0 Å². The second-order valence-electron chi connectivity index (χ2n) is 2.92. The van der Waals surface area contributed by atoms with E-state index in [1.54, 1.807) is 0 Å². The summed E-state index contributed by atoms with van der Waals surface area (Å²) in [6, 6.07) is 4.92. The molecule has 14 heavy (non-hydrogen) atoms. The first kappa shape index (κ1) is 8.68. The van der Waals surface area contributed by atoms with Crippen molar-refractivity contribution >= 4 is 17.6 Å². The van der Waals surface area contributed by atoms with Gasteiger partial charge in [0.1, 0.15) is 12.4 Å². The summed E-state index contributed by atoms with van der Waals surface area (Å²) in [5, 5.41) is 2.13. The number of rotatable bonds is 1. The van der Waals surface area contributed by atoms with Crippen molar-refractivity contribution in [2.75, 3.05) is 11.4 Å². The smallest absolute Gasteiger partial charge is 0.285 e. The number of carbonyl (C=O) groups is 2. The first-order chi connectivity index (χ1) is 6.66. The number of anilines is 1. The number of imide groups is 1. The summed E-state index contributed by atoms with van der Waals surface area (Å²) in [6.45, 7) is -0.00946. The van der Waals surface area contributed by atoms with Crippen molar-refractivity contribution in [1.29, 1.82) is 0 Å². The Kier molecular flexibility index (Phi) is 1.92. The first-order valence-electron chi connectivity index (χ1n) is 4.04. The third kappa shape index (κ3) is 1.44. The van der Waals surface area contributed by atoms with Gasteiger partial charge >= 0.3 is 6.03 Å². The summed E-state index contributed by atoms with van der Waals surface area (Å²) in [5.41, 5.74) is 0.509. The van der Waals surface area contributed by atoms with Crippen molar-refractivity contribution in [2.24, 2.45) is 0 Å². The molecule has 0 aromatic heterocycles. The number of nitrogens with one attached hydrogen (secondary N) is 1. The van der Waals surface area contributed by atoms with Crippen LogP contribution >= 0.6 is 0 Å². The molecule has 72 valence electrons. The number of benzene rings is 1. The van der Waals surface area contributed by atoms with Crippen molar-refractivity contribution in [3.8, 4) is 0 Å². The summed E-state index contributed by atoms with van der Waals surface area (Å²) in [6.07, 6.45) is 0. The molecule has 0 bridgehead atoms. The lowest BCUT2D eigenvalue weighted by molar-refractivity contribution is -0.117. The van der Waals surface area contributed by atoms with Gasteiger partial charge in [0.2, 0.25) is 5.91 Å². The molecule has 0 radical (unpaired) electrons. The Morgan fingerprint density at radius 1 is 1.21 bits per heavy atom. The van der Waals surface area contributed by atoms with Crippen molar-refractivity contribution in [1.82, 2.24) is 5.32 Å². The lowest BCUT2D eigenvalue weighted by atomic mass is 10.3. The first-order valence-corrected chi connectivity index (χ1v) is 4.04. The number of hydrogen-bond donors (Lipinski definition) is 1. The molecule has 1 fully saturated rings. The summed E-state index contributed by atoms with van der Waals surface area (Å²) < 4.78 is 12.6. The fourth-order valence-electron chi connectivity index (χ4n) is 1.27. The molecule has 1 aromatic carbocycles. The molecule has 1 aromatic rings. The molecule has 0 unspecified atom stereocenters. The van der Waals surface area contributed by atoms with Crippen LogP contribution in [0.25, 0.3) is 0 Å². The standard InChI is InChI=1S/C9H7FN2O2/c10-6-1-3-7(4-2-6)12-5-8(13)11-9(12)14/h1-4H,5H2,(H,11,13,14). The fraction of sp³-hybridized carbons (Fsp3) is 0.111. The van der Waals surface area contributed by atoms with Gasteiger partial charge in [0.15, 0.2) is 0 Å². The van der Waals surface area contributed by atoms with Crippen LogP contribution in [0.5, 0.6) is 0 Å². The number of amides is 3. The van der Waals surface area contributed by atoms with Gasteiger partial charge in [0.05, 0.1) is 0 Å². The van der Waals surface area contributed by atoms with Gasteiger partial charge in [-0.1, -0.05) is 0 Å². The highest BCUT2D eigenvalue weighted by Crippen LogP contribution is 2.16. The highest BCUT2D eigenvalue weighted by Gasteiger charge is 2.27. The average molecular weight is 194 g/mol. The van der Waals surface area contributed by atoms with E-state index in [1.165, 1.54) is 29.2 Å². The number of urea groups is 1.